The molecule has 0 spiro atoms. The number of hydrogen-bond acceptors (Lipinski definition) is 2. The van der Waals surface area contributed by atoms with E-state index < -0.39 is 35.7 Å². The molecule has 0 heterocycles. The lowest BCUT2D eigenvalue weighted by atomic mass is 9.78. The highest BCUT2D eigenvalue weighted by molar-refractivity contribution is 5.35. The quantitative estimate of drug-likeness (QED) is 0.324. The summed E-state index contributed by atoms with van der Waals surface area (Å²) in [5.74, 6) is -4.07. The molecule has 0 N–H and O–H groups in total. The van der Waals surface area contributed by atoms with Crippen LogP contribution in [0.5, 0.6) is 11.5 Å². The molecule has 168 valence electrons. The van der Waals surface area contributed by atoms with Gasteiger partial charge in [0, 0.05) is 0 Å². The second-order valence-corrected chi connectivity index (χ2v) is 7.47. The lowest BCUT2D eigenvalue weighted by Gasteiger charge is -2.27. The van der Waals surface area contributed by atoms with Gasteiger partial charge < -0.3 is 9.47 Å². The molecule has 2 aromatic rings. The van der Waals surface area contributed by atoms with Gasteiger partial charge in [0.05, 0.1) is 5.56 Å². The Balaban J connectivity index is 1.69. The minimum atomic E-state index is -4.09. The average molecular weight is 444 g/mol. The molecule has 1 aliphatic rings. The third-order valence-corrected chi connectivity index (χ3v) is 5.38. The Kier molecular flexibility index (Phi) is 7.18. The summed E-state index contributed by atoms with van der Waals surface area (Å²) < 4.78 is 89.1. The summed E-state index contributed by atoms with van der Waals surface area (Å²) in [7, 11) is 0. The van der Waals surface area contributed by atoms with Crippen molar-refractivity contribution in [2.75, 3.05) is 0 Å². The number of halogens is 6. The number of alkyl halides is 4. The molecule has 0 amide bonds. The monoisotopic (exact) mass is 444 g/mol. The number of rotatable bonds is 7. The van der Waals surface area contributed by atoms with Crippen LogP contribution in [0.4, 0.5) is 26.3 Å². The predicted molar refractivity (Wildman–Crippen MR) is 103 cm³/mol. The van der Waals surface area contributed by atoms with E-state index in [0.29, 0.717) is 11.8 Å². The lowest BCUT2D eigenvalue weighted by molar-refractivity contribution is -0.185. The van der Waals surface area contributed by atoms with E-state index in [2.05, 4.69) is 21.6 Å². The molecule has 0 unspecified atom stereocenters. The molecule has 3 rings (SSSR count). The van der Waals surface area contributed by atoms with Gasteiger partial charge in [-0.3, -0.25) is 0 Å². The molecule has 2 aromatic carbocycles. The smallest absolute Gasteiger partial charge is 0.426 e. The van der Waals surface area contributed by atoms with E-state index in [1.165, 1.54) is 12.1 Å². The van der Waals surface area contributed by atoms with Crippen molar-refractivity contribution >= 4 is 0 Å². The van der Waals surface area contributed by atoms with Gasteiger partial charge >= 0.3 is 12.7 Å². The van der Waals surface area contributed by atoms with E-state index in [1.54, 1.807) is 12.1 Å². The maximum absolute atomic E-state index is 14.4. The topological polar surface area (TPSA) is 18.5 Å². The number of benzene rings is 2. The molecule has 31 heavy (non-hydrogen) atoms. The first-order chi connectivity index (χ1) is 14.7. The Bertz CT molecular complexity index is 880. The Morgan fingerprint density at radius 1 is 0.968 bits per heavy atom. The molecule has 0 bridgehead atoms. The van der Waals surface area contributed by atoms with Crippen LogP contribution >= 0.6 is 0 Å². The molecule has 8 heteroatoms. The third kappa shape index (κ3) is 5.74. The van der Waals surface area contributed by atoms with Gasteiger partial charge in [-0.05, 0) is 74.3 Å². The van der Waals surface area contributed by atoms with Gasteiger partial charge in [-0.1, -0.05) is 24.3 Å². The predicted octanol–water partition coefficient (Wildman–Crippen LogP) is 7.54. The van der Waals surface area contributed by atoms with Gasteiger partial charge in [0.25, 0.3) is 0 Å². The third-order valence-electron chi connectivity index (χ3n) is 5.38. The van der Waals surface area contributed by atoms with Crippen molar-refractivity contribution in [2.45, 2.75) is 51.2 Å². The molecular weight excluding hydrogens is 422 g/mol. The van der Waals surface area contributed by atoms with E-state index in [4.69, 9.17) is 0 Å². The SMILES string of the molecule is C/C=C/C1CCC(c2ccc(OC(F)(F)c3cc(F)c(OC(F)F)c(F)c3)cc2)CC1. The Morgan fingerprint density at radius 3 is 2.06 bits per heavy atom. The first-order valence-electron chi connectivity index (χ1n) is 9.93. The van der Waals surface area contributed by atoms with Gasteiger partial charge in [-0.15, -0.1) is 0 Å². The first-order valence-corrected chi connectivity index (χ1v) is 9.93. The van der Waals surface area contributed by atoms with Gasteiger partial charge in [-0.2, -0.15) is 17.6 Å². The summed E-state index contributed by atoms with van der Waals surface area (Å²) >= 11 is 0. The number of hydrogen-bond donors (Lipinski definition) is 0. The Morgan fingerprint density at radius 2 is 1.55 bits per heavy atom. The van der Waals surface area contributed by atoms with Crippen LogP contribution in [0.2, 0.25) is 0 Å². The second-order valence-electron chi connectivity index (χ2n) is 7.47. The van der Waals surface area contributed by atoms with E-state index in [0.717, 1.165) is 31.2 Å². The molecule has 1 fully saturated rings. The fourth-order valence-corrected chi connectivity index (χ4v) is 3.86. The van der Waals surface area contributed by atoms with Crippen molar-refractivity contribution < 1.29 is 35.8 Å². The van der Waals surface area contributed by atoms with Gasteiger partial charge in [-0.25, -0.2) is 8.78 Å². The summed E-state index contributed by atoms with van der Waals surface area (Å²) in [6.45, 7) is -1.50. The number of ether oxygens (including phenoxy) is 2. The summed E-state index contributed by atoms with van der Waals surface area (Å²) in [4.78, 5) is 0. The summed E-state index contributed by atoms with van der Waals surface area (Å²) in [6, 6.07) is 6.57. The number of allylic oxidation sites excluding steroid dienone is 2. The molecule has 0 aliphatic heterocycles. The summed E-state index contributed by atoms with van der Waals surface area (Å²) in [5.41, 5.74) is -0.143. The molecule has 2 nitrogen and oxygen atoms in total. The molecule has 0 atom stereocenters. The van der Waals surface area contributed by atoms with Crippen LogP contribution < -0.4 is 9.47 Å². The van der Waals surface area contributed by atoms with Crippen molar-refractivity contribution in [3.8, 4) is 11.5 Å². The largest absolute Gasteiger partial charge is 0.429 e. The van der Waals surface area contributed by atoms with Crippen molar-refractivity contribution in [3.05, 3.63) is 71.3 Å². The molecule has 0 saturated heterocycles. The van der Waals surface area contributed by atoms with Gasteiger partial charge in [0.2, 0.25) is 0 Å². The van der Waals surface area contributed by atoms with Crippen LogP contribution in [-0.4, -0.2) is 6.61 Å². The van der Waals surface area contributed by atoms with E-state index >= 15 is 0 Å². The zero-order valence-electron chi connectivity index (χ0n) is 16.8. The fraction of sp³-hybridized carbons (Fsp3) is 0.391. The van der Waals surface area contributed by atoms with Crippen LogP contribution in [0.15, 0.2) is 48.6 Å². The van der Waals surface area contributed by atoms with Crippen molar-refractivity contribution in [3.63, 3.8) is 0 Å². The first kappa shape index (κ1) is 23.0. The Hall–Kier alpha value is -2.64. The van der Waals surface area contributed by atoms with Gasteiger partial charge in [0.1, 0.15) is 5.75 Å². The maximum Gasteiger partial charge on any atom is 0.426 e. The highest BCUT2D eigenvalue weighted by Gasteiger charge is 2.37. The van der Waals surface area contributed by atoms with E-state index in [9.17, 15) is 26.3 Å². The van der Waals surface area contributed by atoms with Crippen LogP contribution in [0.3, 0.4) is 0 Å². The van der Waals surface area contributed by atoms with E-state index in [-0.39, 0.29) is 17.9 Å². The summed E-state index contributed by atoms with van der Waals surface area (Å²) in [5, 5.41) is 0. The lowest BCUT2D eigenvalue weighted by Crippen LogP contribution is -2.23. The second kappa shape index (κ2) is 9.66. The molecular formula is C23H22F6O2. The van der Waals surface area contributed by atoms with Crippen molar-refractivity contribution in [2.24, 2.45) is 5.92 Å². The Labute approximate surface area is 176 Å². The van der Waals surface area contributed by atoms with E-state index in [1.807, 2.05) is 6.92 Å². The van der Waals surface area contributed by atoms with Crippen molar-refractivity contribution in [1.82, 2.24) is 0 Å². The molecule has 0 aromatic heterocycles. The van der Waals surface area contributed by atoms with Crippen molar-refractivity contribution in [1.29, 1.82) is 0 Å². The molecule has 1 saturated carbocycles. The van der Waals surface area contributed by atoms with Crippen LogP contribution in [-0.2, 0) is 6.11 Å². The normalized spacial score (nSPS) is 19.7. The van der Waals surface area contributed by atoms with Crippen LogP contribution in [0, 0.1) is 17.6 Å². The standard InChI is InChI=1S/C23H22F6O2/c1-2-3-14-4-6-15(7-5-14)16-8-10-18(11-9-16)31-23(28,29)17-12-19(24)21(20(25)13-17)30-22(26)27/h2-3,8-15,22H,4-7H2,1H3/b3-2+. The zero-order valence-corrected chi connectivity index (χ0v) is 16.8. The highest BCUT2D eigenvalue weighted by atomic mass is 19.3. The summed E-state index contributed by atoms with van der Waals surface area (Å²) in [6.07, 6.45) is 4.29. The zero-order chi connectivity index (χ0) is 22.6. The van der Waals surface area contributed by atoms with Crippen LogP contribution in [0.1, 0.15) is 49.7 Å². The minimum Gasteiger partial charge on any atom is -0.429 e. The maximum atomic E-state index is 14.4. The van der Waals surface area contributed by atoms with Crippen LogP contribution in [0.25, 0.3) is 0 Å². The van der Waals surface area contributed by atoms with Gasteiger partial charge in [0.15, 0.2) is 17.4 Å². The molecule has 1 aliphatic carbocycles. The fourth-order valence-electron chi connectivity index (χ4n) is 3.86. The average Bonchev–Trinajstić information content (AvgIpc) is 2.71. The minimum absolute atomic E-state index is 0.190. The highest BCUT2D eigenvalue weighted by Crippen LogP contribution is 2.38. The molecule has 0 radical (unpaired) electrons.